The van der Waals surface area contributed by atoms with Gasteiger partial charge < -0.3 is 14.8 Å². The molecular weight excluding hydrogens is 578 g/mol. The number of amides is 1. The van der Waals surface area contributed by atoms with Crippen LogP contribution in [0.5, 0.6) is 5.75 Å². The number of benzene rings is 2. The molecule has 1 heterocycles. The number of rotatable bonds is 13. The highest BCUT2D eigenvalue weighted by Crippen LogP contribution is 2.33. The lowest BCUT2D eigenvalue weighted by atomic mass is 10.0. The SMILES string of the molecule is CCCN(CCNC(=O)c1cc(C(=N)Oc2ccc(PC(C)(C)F)cc2C)ccn1)C(/C(=N/C)OC(C)=N)c1ccccc1. The van der Waals surface area contributed by atoms with E-state index in [-0.39, 0.29) is 38.0 Å². The highest BCUT2D eigenvalue weighted by atomic mass is 31.1. The number of nitrogens with zero attached hydrogens (tertiary/aromatic N) is 3. The average Bonchev–Trinajstić information content (AvgIpc) is 2.97. The molecular formula is C33H42FN6O3P. The highest BCUT2D eigenvalue weighted by Gasteiger charge is 2.27. The van der Waals surface area contributed by atoms with Crippen LogP contribution in [0.25, 0.3) is 0 Å². The standard InChI is InChI=1S/C33H42FN6O3P/c1-7-18-40(29(24-11-9-8-10-12-24)32(37-6)42-23(3)35)19-17-39-31(41)27-21-25(15-16-38-27)30(36)43-28-14-13-26(20-22(28)2)44-33(4,5)34/h8-16,20-21,29,35-36,44H,7,17-19H2,1-6H3,(H,39,41)/b35-23?,36-30?,37-32-. The van der Waals surface area contributed by atoms with E-state index >= 15 is 0 Å². The summed E-state index contributed by atoms with van der Waals surface area (Å²) in [5.74, 6) is 0.444. The van der Waals surface area contributed by atoms with Crippen LogP contribution in [0.3, 0.4) is 0 Å². The molecule has 0 aliphatic heterocycles. The summed E-state index contributed by atoms with van der Waals surface area (Å²) in [6.45, 7) is 10.1. The highest BCUT2D eigenvalue weighted by molar-refractivity contribution is 7.48. The molecule has 0 saturated carbocycles. The average molecular weight is 621 g/mol. The predicted molar refractivity (Wildman–Crippen MR) is 177 cm³/mol. The molecule has 1 aromatic heterocycles. The van der Waals surface area contributed by atoms with Gasteiger partial charge in [-0.05, 0) is 74.4 Å². The Morgan fingerprint density at radius 1 is 1.14 bits per heavy atom. The van der Waals surface area contributed by atoms with Crippen molar-refractivity contribution in [2.75, 3.05) is 26.7 Å². The van der Waals surface area contributed by atoms with Crippen molar-refractivity contribution in [3.05, 3.63) is 89.2 Å². The molecule has 0 spiro atoms. The Kier molecular flexibility index (Phi) is 12.7. The topological polar surface area (TPSA) is 124 Å². The molecule has 3 rings (SSSR count). The Morgan fingerprint density at radius 3 is 2.48 bits per heavy atom. The van der Waals surface area contributed by atoms with Gasteiger partial charge in [0.1, 0.15) is 22.9 Å². The van der Waals surface area contributed by atoms with E-state index in [1.807, 2.05) is 43.3 Å². The van der Waals surface area contributed by atoms with Gasteiger partial charge in [-0.15, -0.1) is 0 Å². The van der Waals surface area contributed by atoms with Crippen molar-refractivity contribution >= 4 is 37.5 Å². The predicted octanol–water partition coefficient (Wildman–Crippen LogP) is 6.03. The van der Waals surface area contributed by atoms with Gasteiger partial charge in [0.05, 0.1) is 0 Å². The minimum absolute atomic E-state index is 0.00399. The van der Waals surface area contributed by atoms with Gasteiger partial charge in [0, 0.05) is 38.8 Å². The van der Waals surface area contributed by atoms with Crippen LogP contribution < -0.4 is 15.4 Å². The summed E-state index contributed by atoms with van der Waals surface area (Å²) in [5.41, 5.74) is 2.33. The van der Waals surface area contributed by atoms with Crippen LogP contribution in [0.2, 0.25) is 0 Å². The van der Waals surface area contributed by atoms with Gasteiger partial charge in [-0.2, -0.15) is 0 Å². The van der Waals surface area contributed by atoms with E-state index in [9.17, 15) is 9.18 Å². The Hall–Kier alpha value is -4.01. The molecule has 9 nitrogen and oxygen atoms in total. The summed E-state index contributed by atoms with van der Waals surface area (Å²) in [7, 11) is 1.65. The molecule has 1 amide bonds. The second-order valence-corrected chi connectivity index (χ2v) is 12.8. The third kappa shape index (κ3) is 10.3. The number of aliphatic imine (C=N–C) groups is 1. The van der Waals surface area contributed by atoms with Crippen molar-refractivity contribution in [2.45, 2.75) is 52.5 Å². The van der Waals surface area contributed by atoms with E-state index in [2.05, 4.69) is 27.1 Å². The molecule has 11 heteroatoms. The molecule has 0 aliphatic rings. The van der Waals surface area contributed by atoms with E-state index in [0.29, 0.717) is 36.8 Å². The monoisotopic (exact) mass is 620 g/mol. The van der Waals surface area contributed by atoms with Crippen LogP contribution in [0.15, 0.2) is 71.9 Å². The number of nitrogens with one attached hydrogen (secondary N) is 3. The molecule has 3 aromatic rings. The number of carbonyl (C=O) groups is 1. The van der Waals surface area contributed by atoms with Gasteiger partial charge in [0.15, 0.2) is 5.90 Å². The molecule has 0 fully saturated rings. The minimum Gasteiger partial charge on any atom is -0.439 e. The van der Waals surface area contributed by atoms with Crippen LogP contribution in [-0.4, -0.2) is 65.6 Å². The molecule has 0 bridgehead atoms. The quantitative estimate of drug-likeness (QED) is 0.122. The Labute approximate surface area is 261 Å². The summed E-state index contributed by atoms with van der Waals surface area (Å²) < 4.78 is 25.6. The molecule has 234 valence electrons. The molecule has 2 unspecified atom stereocenters. The molecule has 0 saturated heterocycles. The fourth-order valence-electron chi connectivity index (χ4n) is 4.64. The van der Waals surface area contributed by atoms with Crippen molar-refractivity contribution in [3.8, 4) is 5.75 Å². The maximum absolute atomic E-state index is 14.1. The molecule has 2 aromatic carbocycles. The maximum atomic E-state index is 14.1. The number of ether oxygens (including phenoxy) is 2. The summed E-state index contributed by atoms with van der Waals surface area (Å²) >= 11 is 0. The lowest BCUT2D eigenvalue weighted by Crippen LogP contribution is -2.41. The fourth-order valence-corrected chi connectivity index (χ4v) is 5.78. The van der Waals surface area contributed by atoms with Crippen molar-refractivity contribution in [1.29, 1.82) is 10.8 Å². The van der Waals surface area contributed by atoms with Gasteiger partial charge in [-0.3, -0.25) is 30.5 Å². The molecule has 3 N–H and O–H groups in total. The second-order valence-electron chi connectivity index (χ2n) is 10.8. The summed E-state index contributed by atoms with van der Waals surface area (Å²) in [6.07, 6.45) is 2.33. The van der Waals surface area contributed by atoms with Crippen LogP contribution in [-0.2, 0) is 4.74 Å². The van der Waals surface area contributed by atoms with Crippen LogP contribution in [0, 0.1) is 17.7 Å². The number of hydrogen-bond acceptors (Lipinski definition) is 8. The minimum atomic E-state index is -1.30. The van der Waals surface area contributed by atoms with E-state index in [1.165, 1.54) is 12.3 Å². The van der Waals surface area contributed by atoms with Crippen molar-refractivity contribution in [2.24, 2.45) is 4.99 Å². The molecule has 0 aliphatic carbocycles. The first kappa shape index (κ1) is 34.5. The maximum Gasteiger partial charge on any atom is 0.269 e. The third-order valence-corrected chi connectivity index (χ3v) is 7.67. The van der Waals surface area contributed by atoms with E-state index in [4.69, 9.17) is 20.3 Å². The van der Waals surface area contributed by atoms with Crippen LogP contribution >= 0.6 is 8.58 Å². The van der Waals surface area contributed by atoms with Crippen molar-refractivity contribution in [1.82, 2.24) is 15.2 Å². The largest absolute Gasteiger partial charge is 0.439 e. The first-order valence-corrected chi connectivity index (χ1v) is 15.5. The Morgan fingerprint density at radius 2 is 1.86 bits per heavy atom. The first-order valence-electron chi connectivity index (χ1n) is 14.5. The number of halogens is 1. The van der Waals surface area contributed by atoms with E-state index in [0.717, 1.165) is 22.9 Å². The molecule has 0 radical (unpaired) electrons. The van der Waals surface area contributed by atoms with Gasteiger partial charge in [0.25, 0.3) is 5.91 Å². The summed E-state index contributed by atoms with van der Waals surface area (Å²) in [6, 6.07) is 18.0. The smallest absolute Gasteiger partial charge is 0.269 e. The summed E-state index contributed by atoms with van der Waals surface area (Å²) in [5, 5.41) is 18.9. The summed E-state index contributed by atoms with van der Waals surface area (Å²) in [4.78, 5) is 23.8. The number of pyridine rings is 1. The number of alkyl halides is 1. The fraction of sp³-hybridized carbons (Fsp3) is 0.364. The lowest BCUT2D eigenvalue weighted by molar-refractivity contribution is 0.0941. The van der Waals surface area contributed by atoms with Crippen LogP contribution in [0.1, 0.15) is 67.3 Å². The van der Waals surface area contributed by atoms with Gasteiger partial charge in [-0.25, -0.2) is 4.39 Å². The van der Waals surface area contributed by atoms with Crippen molar-refractivity contribution in [3.63, 3.8) is 0 Å². The van der Waals surface area contributed by atoms with Gasteiger partial charge in [-0.1, -0.05) is 51.9 Å². The normalized spacial score (nSPS) is 12.8. The number of carbonyl (C=O) groups excluding carboxylic acids is 1. The third-order valence-electron chi connectivity index (χ3n) is 6.47. The van der Waals surface area contributed by atoms with Crippen LogP contribution in [0.4, 0.5) is 4.39 Å². The zero-order chi connectivity index (χ0) is 32.3. The van der Waals surface area contributed by atoms with Gasteiger partial charge in [0.2, 0.25) is 11.8 Å². The van der Waals surface area contributed by atoms with Gasteiger partial charge >= 0.3 is 0 Å². The lowest BCUT2D eigenvalue weighted by Gasteiger charge is -2.32. The Bertz CT molecular complexity index is 1480. The number of hydrogen-bond donors (Lipinski definition) is 3. The molecule has 2 atom stereocenters. The van der Waals surface area contributed by atoms with E-state index in [1.54, 1.807) is 46.0 Å². The van der Waals surface area contributed by atoms with Crippen molar-refractivity contribution < 1.29 is 18.7 Å². The van der Waals surface area contributed by atoms with E-state index < -0.39 is 5.41 Å². The molecule has 44 heavy (non-hydrogen) atoms. The second kappa shape index (κ2) is 16.2. The number of aromatic nitrogens is 1. The number of aryl methyl sites for hydroxylation is 1. The Balaban J connectivity index is 1.69. The first-order chi connectivity index (χ1) is 20.9. The zero-order valence-corrected chi connectivity index (χ0v) is 27.2. The zero-order valence-electron chi connectivity index (χ0n) is 26.2.